The zero-order valence-corrected chi connectivity index (χ0v) is 17.3. The van der Waals surface area contributed by atoms with E-state index in [1.54, 1.807) is 6.20 Å². The quantitative estimate of drug-likeness (QED) is 0.424. The van der Waals surface area contributed by atoms with Gasteiger partial charge in [-0.1, -0.05) is 30.3 Å². The highest BCUT2D eigenvalue weighted by molar-refractivity contribution is 5.96. The number of hydrogen-bond acceptors (Lipinski definition) is 4. The first-order chi connectivity index (χ1) is 15.6. The minimum absolute atomic E-state index is 0.0776. The van der Waals surface area contributed by atoms with Crippen LogP contribution in [0.2, 0.25) is 0 Å². The van der Waals surface area contributed by atoms with Crippen LogP contribution in [0.4, 0.5) is 18.9 Å². The first-order valence-electron chi connectivity index (χ1n) is 9.62. The molecule has 2 heterocycles. The van der Waals surface area contributed by atoms with Crippen molar-refractivity contribution in [1.82, 2.24) is 9.97 Å². The Morgan fingerprint density at radius 1 is 0.909 bits per heavy atom. The molecule has 0 fully saturated rings. The van der Waals surface area contributed by atoms with Crippen LogP contribution in [0.5, 0.6) is 0 Å². The van der Waals surface area contributed by atoms with E-state index >= 15 is 0 Å². The molecule has 2 N–H and O–H groups in total. The smallest absolute Gasteiger partial charge is 0.475 e. The van der Waals surface area contributed by atoms with E-state index in [9.17, 15) is 18.0 Å². The minimum Gasteiger partial charge on any atom is -0.475 e. The maximum absolute atomic E-state index is 11.2. The zero-order chi connectivity index (χ0) is 24.0. The van der Waals surface area contributed by atoms with Gasteiger partial charge in [-0.15, -0.1) is 0 Å². The van der Waals surface area contributed by atoms with Crippen molar-refractivity contribution in [3.05, 3.63) is 79.3 Å². The fraction of sp³-hybridized carbons (Fsp3) is 0.0833. The van der Waals surface area contributed by atoms with Crippen molar-refractivity contribution in [2.75, 3.05) is 5.32 Å². The van der Waals surface area contributed by atoms with Gasteiger partial charge < -0.3 is 10.4 Å². The molecule has 2 aromatic heterocycles. The van der Waals surface area contributed by atoms with Gasteiger partial charge in [-0.25, -0.2) is 4.79 Å². The number of aromatic nitrogens is 2. The van der Waals surface area contributed by atoms with Crippen molar-refractivity contribution in [2.45, 2.75) is 13.1 Å². The van der Waals surface area contributed by atoms with Gasteiger partial charge in [0.2, 0.25) is 5.91 Å². The van der Waals surface area contributed by atoms with Crippen molar-refractivity contribution in [2.24, 2.45) is 0 Å². The summed E-state index contributed by atoms with van der Waals surface area (Å²) in [4.78, 5) is 28.9. The molecular weight excluding hydrogens is 435 g/mol. The molecule has 0 spiro atoms. The van der Waals surface area contributed by atoms with E-state index in [-0.39, 0.29) is 5.91 Å². The van der Waals surface area contributed by atoms with E-state index in [2.05, 4.69) is 33.5 Å². The van der Waals surface area contributed by atoms with E-state index in [1.165, 1.54) is 6.92 Å². The summed E-state index contributed by atoms with van der Waals surface area (Å²) >= 11 is 0. The van der Waals surface area contributed by atoms with Crippen molar-refractivity contribution in [3.63, 3.8) is 0 Å². The Balaban J connectivity index is 0.000000383. The number of alkyl halides is 3. The number of fused-ring (bicyclic) bond motifs is 1. The standard InChI is InChI=1S/C22H17N3O.C2HF3O2/c1-15(26)25-19-9-7-16(8-10-19)18-12-21-20(17-4-3-11-23-13-17)5-2-6-22(21)24-14-18;3-2(4,5)1(6)7/h2-14H,1H3,(H,25,26);(H,6,7). The molecule has 0 unspecified atom stereocenters. The van der Waals surface area contributed by atoms with Gasteiger partial charge in [-0.3, -0.25) is 14.8 Å². The van der Waals surface area contributed by atoms with Crippen LogP contribution in [0.25, 0.3) is 33.2 Å². The maximum Gasteiger partial charge on any atom is 0.490 e. The number of aliphatic carboxylic acids is 1. The summed E-state index contributed by atoms with van der Waals surface area (Å²) < 4.78 is 31.7. The number of carbonyl (C=O) groups is 2. The number of pyridine rings is 2. The summed E-state index contributed by atoms with van der Waals surface area (Å²) in [5, 5.41) is 11.0. The summed E-state index contributed by atoms with van der Waals surface area (Å²) in [5.41, 5.74) is 5.99. The molecule has 1 amide bonds. The van der Waals surface area contributed by atoms with Crippen LogP contribution in [0, 0.1) is 0 Å². The van der Waals surface area contributed by atoms with E-state index in [0.29, 0.717) is 0 Å². The van der Waals surface area contributed by atoms with Crippen LogP contribution >= 0.6 is 0 Å². The Morgan fingerprint density at radius 3 is 2.18 bits per heavy atom. The van der Waals surface area contributed by atoms with Crippen molar-refractivity contribution < 1.29 is 27.9 Å². The van der Waals surface area contributed by atoms with E-state index in [0.717, 1.165) is 38.8 Å². The highest BCUT2D eigenvalue weighted by Gasteiger charge is 2.38. The number of halogens is 3. The Kier molecular flexibility index (Phi) is 7.02. The number of nitrogens with zero attached hydrogens (tertiary/aromatic N) is 2. The fourth-order valence-corrected chi connectivity index (χ4v) is 3.03. The first-order valence-corrected chi connectivity index (χ1v) is 9.62. The number of anilines is 1. The molecule has 168 valence electrons. The maximum atomic E-state index is 11.2. The minimum atomic E-state index is -5.08. The average molecular weight is 453 g/mol. The molecule has 0 bridgehead atoms. The third-order valence-electron chi connectivity index (χ3n) is 4.48. The Hall–Kier alpha value is -4.27. The highest BCUT2D eigenvalue weighted by Crippen LogP contribution is 2.31. The van der Waals surface area contributed by atoms with Crippen LogP contribution in [0.3, 0.4) is 0 Å². The SMILES string of the molecule is CC(=O)Nc1ccc(-c2cnc3cccc(-c4cccnc4)c3c2)cc1.O=C(O)C(F)(F)F. The van der Waals surface area contributed by atoms with Crippen LogP contribution in [-0.2, 0) is 9.59 Å². The van der Waals surface area contributed by atoms with Gasteiger partial charge in [0.25, 0.3) is 0 Å². The zero-order valence-electron chi connectivity index (χ0n) is 17.3. The molecule has 0 radical (unpaired) electrons. The van der Waals surface area contributed by atoms with Crippen molar-refractivity contribution >= 4 is 28.5 Å². The van der Waals surface area contributed by atoms with Gasteiger partial charge >= 0.3 is 12.1 Å². The van der Waals surface area contributed by atoms with Gasteiger partial charge in [-0.2, -0.15) is 13.2 Å². The number of carboxylic acid groups (broad SMARTS) is 1. The molecule has 33 heavy (non-hydrogen) atoms. The average Bonchev–Trinajstić information content (AvgIpc) is 2.79. The molecule has 0 saturated carbocycles. The number of hydrogen-bond donors (Lipinski definition) is 2. The van der Waals surface area contributed by atoms with E-state index in [4.69, 9.17) is 9.90 Å². The number of nitrogens with one attached hydrogen (secondary N) is 1. The lowest BCUT2D eigenvalue weighted by atomic mass is 9.99. The van der Waals surface area contributed by atoms with Gasteiger partial charge in [-0.05, 0) is 41.5 Å². The predicted octanol–water partition coefficient (Wildman–Crippen LogP) is 5.56. The summed E-state index contributed by atoms with van der Waals surface area (Å²) in [6, 6.07) is 20.0. The van der Waals surface area contributed by atoms with Crippen molar-refractivity contribution in [1.29, 1.82) is 0 Å². The van der Waals surface area contributed by atoms with Crippen LogP contribution in [-0.4, -0.2) is 33.1 Å². The van der Waals surface area contributed by atoms with Crippen LogP contribution in [0.15, 0.2) is 79.3 Å². The summed E-state index contributed by atoms with van der Waals surface area (Å²) in [6.45, 7) is 1.50. The number of rotatable bonds is 3. The van der Waals surface area contributed by atoms with E-state index < -0.39 is 12.1 Å². The molecule has 4 aromatic rings. The Morgan fingerprint density at radius 2 is 1.61 bits per heavy atom. The van der Waals surface area contributed by atoms with Gasteiger partial charge in [0.1, 0.15) is 0 Å². The largest absolute Gasteiger partial charge is 0.490 e. The molecule has 0 aliphatic carbocycles. The fourth-order valence-electron chi connectivity index (χ4n) is 3.03. The molecule has 0 saturated heterocycles. The molecule has 0 atom stereocenters. The number of benzene rings is 2. The Labute approximate surface area is 186 Å². The lowest BCUT2D eigenvalue weighted by molar-refractivity contribution is -0.192. The third kappa shape index (κ3) is 6.13. The second kappa shape index (κ2) is 9.90. The Bertz CT molecular complexity index is 1280. The molecule has 9 heteroatoms. The molecular formula is C24H18F3N3O3. The van der Waals surface area contributed by atoms with Crippen LogP contribution < -0.4 is 5.32 Å². The van der Waals surface area contributed by atoms with Crippen molar-refractivity contribution in [3.8, 4) is 22.3 Å². The lowest BCUT2D eigenvalue weighted by Crippen LogP contribution is -2.21. The predicted molar refractivity (Wildman–Crippen MR) is 118 cm³/mol. The number of amides is 1. The second-order valence-corrected chi connectivity index (χ2v) is 6.90. The summed E-state index contributed by atoms with van der Waals surface area (Å²) in [5.74, 6) is -2.83. The van der Waals surface area contributed by atoms with Crippen LogP contribution in [0.1, 0.15) is 6.92 Å². The summed E-state index contributed by atoms with van der Waals surface area (Å²) in [6.07, 6.45) is 0.432. The first kappa shape index (κ1) is 23.4. The highest BCUT2D eigenvalue weighted by atomic mass is 19.4. The molecule has 0 aliphatic heterocycles. The third-order valence-corrected chi connectivity index (χ3v) is 4.48. The second-order valence-electron chi connectivity index (χ2n) is 6.90. The van der Waals surface area contributed by atoms with Gasteiger partial charge in [0.15, 0.2) is 0 Å². The van der Waals surface area contributed by atoms with Gasteiger partial charge in [0.05, 0.1) is 5.52 Å². The van der Waals surface area contributed by atoms with E-state index in [1.807, 2.05) is 54.9 Å². The topological polar surface area (TPSA) is 92.2 Å². The normalized spacial score (nSPS) is 10.8. The number of carboxylic acids is 1. The lowest BCUT2D eigenvalue weighted by Gasteiger charge is -2.09. The number of carbonyl (C=O) groups excluding carboxylic acids is 1. The van der Waals surface area contributed by atoms with Gasteiger partial charge in [0, 0.05) is 47.7 Å². The summed E-state index contributed by atoms with van der Waals surface area (Å²) in [7, 11) is 0. The molecule has 2 aromatic carbocycles. The monoisotopic (exact) mass is 453 g/mol. The molecule has 0 aliphatic rings. The molecule has 4 rings (SSSR count). The molecule has 6 nitrogen and oxygen atoms in total.